The quantitative estimate of drug-likeness (QED) is 0.316. The van der Waals surface area contributed by atoms with Gasteiger partial charge in [-0.2, -0.15) is 5.10 Å². The summed E-state index contributed by atoms with van der Waals surface area (Å²) in [5, 5.41) is 7.34. The van der Waals surface area contributed by atoms with Crippen molar-refractivity contribution in [2.24, 2.45) is 5.10 Å². The maximum Gasteiger partial charge on any atom is 0.307 e. The number of nitrogens with one attached hydrogen (secondary N) is 1. The Kier molecular flexibility index (Phi) is 5.10. The molecule has 0 aliphatic heterocycles. The predicted molar refractivity (Wildman–Crippen MR) is 125 cm³/mol. The maximum atomic E-state index is 12.6. The van der Waals surface area contributed by atoms with Crippen LogP contribution in [-0.4, -0.2) is 16.7 Å². The molecule has 1 amide bonds. The van der Waals surface area contributed by atoms with Gasteiger partial charge in [0.2, 0.25) is 0 Å². The van der Waals surface area contributed by atoms with Gasteiger partial charge in [-0.15, -0.1) is 0 Å². The van der Waals surface area contributed by atoms with Gasteiger partial charge in [-0.25, -0.2) is 5.43 Å². The van der Waals surface area contributed by atoms with E-state index in [1.807, 2.05) is 30.3 Å². The van der Waals surface area contributed by atoms with Gasteiger partial charge in [0.15, 0.2) is 5.76 Å². The Morgan fingerprint density at radius 1 is 1.06 bits per heavy atom. The molecule has 4 aromatic rings. The molecule has 2 heterocycles. The van der Waals surface area contributed by atoms with Gasteiger partial charge < -0.3 is 8.98 Å². The Hall–Kier alpha value is -3.34. The lowest BCUT2D eigenvalue weighted by Crippen LogP contribution is -2.17. The highest BCUT2D eigenvalue weighted by molar-refractivity contribution is 6.08. The number of fused-ring (bicyclic) bond motifs is 3. The van der Waals surface area contributed by atoms with Gasteiger partial charge in [-0.05, 0) is 55.7 Å². The Morgan fingerprint density at radius 2 is 1.87 bits per heavy atom. The zero-order valence-electron chi connectivity index (χ0n) is 18.0. The predicted octanol–water partition coefficient (Wildman–Crippen LogP) is 6.27. The number of benzene rings is 2. The Balaban J connectivity index is 1.34. The van der Waals surface area contributed by atoms with Crippen LogP contribution < -0.4 is 5.43 Å². The average Bonchev–Trinajstić information content (AvgIpc) is 3.35. The molecule has 2 aromatic heterocycles. The van der Waals surface area contributed by atoms with Gasteiger partial charge in [-0.3, -0.25) is 4.79 Å². The van der Waals surface area contributed by atoms with Crippen LogP contribution in [0.25, 0.3) is 21.7 Å². The second kappa shape index (κ2) is 8.06. The number of aryl methyl sites for hydroxylation is 1. The van der Waals surface area contributed by atoms with Crippen LogP contribution >= 0.6 is 0 Å². The summed E-state index contributed by atoms with van der Waals surface area (Å²) in [5.41, 5.74) is 6.82. The van der Waals surface area contributed by atoms with Crippen molar-refractivity contribution in [3.05, 3.63) is 71.2 Å². The normalized spacial score (nSPS) is 15.3. The largest absolute Gasteiger partial charge is 0.451 e. The third kappa shape index (κ3) is 3.65. The minimum atomic E-state index is -0.349. The number of carbonyl (C=O) groups is 1. The van der Waals surface area contributed by atoms with Crippen LogP contribution in [0.2, 0.25) is 0 Å². The minimum Gasteiger partial charge on any atom is -0.451 e. The molecule has 0 saturated heterocycles. The first-order valence-electron chi connectivity index (χ1n) is 11.0. The van der Waals surface area contributed by atoms with Crippen LogP contribution in [0.4, 0.5) is 0 Å². The molecule has 0 spiro atoms. The van der Waals surface area contributed by atoms with Crippen LogP contribution in [0.1, 0.15) is 65.7 Å². The summed E-state index contributed by atoms with van der Waals surface area (Å²) in [5.74, 6) is -0.0891. The zero-order chi connectivity index (χ0) is 21.4. The summed E-state index contributed by atoms with van der Waals surface area (Å²) in [6, 6.07) is 16.5. The molecule has 31 heavy (non-hydrogen) atoms. The molecule has 1 fully saturated rings. The Bertz CT molecular complexity index is 1290. The van der Waals surface area contributed by atoms with E-state index in [0.29, 0.717) is 11.6 Å². The topological polar surface area (TPSA) is 59.5 Å². The first-order chi connectivity index (χ1) is 15.1. The number of amides is 1. The molecule has 5 heteroatoms. The second-order valence-electron chi connectivity index (χ2n) is 8.50. The summed E-state index contributed by atoms with van der Waals surface area (Å²) in [7, 11) is 0. The number of carbonyl (C=O) groups excluding carboxylic acids is 1. The van der Waals surface area contributed by atoms with E-state index >= 15 is 0 Å². The van der Waals surface area contributed by atoms with Gasteiger partial charge in [0.05, 0.1) is 6.21 Å². The first kappa shape index (κ1) is 19.6. The fraction of sp³-hybridized carbons (Fsp3) is 0.308. The van der Waals surface area contributed by atoms with Gasteiger partial charge in [0.1, 0.15) is 5.58 Å². The first-order valence-corrected chi connectivity index (χ1v) is 11.0. The fourth-order valence-electron chi connectivity index (χ4n) is 4.95. The smallest absolute Gasteiger partial charge is 0.307 e. The highest BCUT2D eigenvalue weighted by atomic mass is 16.3. The molecule has 1 N–H and O–H groups in total. The average molecular weight is 414 g/mol. The molecule has 158 valence electrons. The van der Waals surface area contributed by atoms with Gasteiger partial charge in [0.25, 0.3) is 0 Å². The number of nitrogens with zero attached hydrogens (tertiary/aromatic N) is 2. The van der Waals surface area contributed by atoms with Crippen molar-refractivity contribution < 1.29 is 9.21 Å². The summed E-state index contributed by atoms with van der Waals surface area (Å²) >= 11 is 0. The van der Waals surface area contributed by atoms with Crippen LogP contribution in [0.5, 0.6) is 0 Å². The highest BCUT2D eigenvalue weighted by Gasteiger charge is 2.19. The van der Waals surface area contributed by atoms with Crippen LogP contribution in [0, 0.1) is 13.8 Å². The number of furan rings is 1. The number of hydrazone groups is 1. The minimum absolute atomic E-state index is 0.260. The summed E-state index contributed by atoms with van der Waals surface area (Å²) in [6.45, 7) is 4.28. The van der Waals surface area contributed by atoms with Crippen molar-refractivity contribution >= 4 is 33.9 Å². The monoisotopic (exact) mass is 413 g/mol. The number of hydrogen-bond acceptors (Lipinski definition) is 3. The van der Waals surface area contributed by atoms with Gasteiger partial charge in [-0.1, -0.05) is 49.6 Å². The second-order valence-corrected chi connectivity index (χ2v) is 8.50. The molecule has 1 aliphatic rings. The number of aromatic nitrogens is 1. The molecule has 0 atom stereocenters. The van der Waals surface area contributed by atoms with Crippen molar-refractivity contribution in [2.75, 3.05) is 0 Å². The molecular weight excluding hydrogens is 386 g/mol. The van der Waals surface area contributed by atoms with E-state index in [1.54, 1.807) is 12.3 Å². The van der Waals surface area contributed by atoms with E-state index in [1.165, 1.54) is 43.5 Å². The molecule has 5 nitrogen and oxygen atoms in total. The molecule has 1 aliphatic carbocycles. The molecular formula is C26H27N3O2. The van der Waals surface area contributed by atoms with Crippen molar-refractivity contribution in [3.8, 4) is 0 Å². The van der Waals surface area contributed by atoms with Crippen molar-refractivity contribution in [1.82, 2.24) is 9.99 Å². The fourth-order valence-corrected chi connectivity index (χ4v) is 4.95. The number of rotatable bonds is 4. The van der Waals surface area contributed by atoms with E-state index in [2.05, 4.69) is 41.1 Å². The van der Waals surface area contributed by atoms with E-state index < -0.39 is 0 Å². The van der Waals surface area contributed by atoms with E-state index in [9.17, 15) is 4.79 Å². The van der Waals surface area contributed by atoms with E-state index in [4.69, 9.17) is 4.42 Å². The molecule has 0 radical (unpaired) electrons. The lowest BCUT2D eigenvalue weighted by molar-refractivity contribution is 0.0929. The third-order valence-corrected chi connectivity index (χ3v) is 6.48. The van der Waals surface area contributed by atoms with Crippen molar-refractivity contribution in [2.45, 2.75) is 52.0 Å². The standard InChI is InChI=1S/C26H27N3O2/c1-17-14-20(18(2)29(17)21-9-4-3-5-10-21)16-27-28-26(30)25-15-23-22-11-7-6-8-19(22)12-13-24(23)31-25/h6-8,11-16,21H,3-5,9-10H2,1-2H3,(H,28,30)/b27-16+. The molecule has 1 saturated carbocycles. The van der Waals surface area contributed by atoms with Crippen molar-refractivity contribution in [3.63, 3.8) is 0 Å². The van der Waals surface area contributed by atoms with Gasteiger partial charge in [0, 0.05) is 28.4 Å². The molecule has 2 aromatic carbocycles. The van der Waals surface area contributed by atoms with Crippen LogP contribution in [-0.2, 0) is 0 Å². The Labute approximate surface area is 181 Å². The maximum absolute atomic E-state index is 12.6. The molecule has 0 bridgehead atoms. The summed E-state index contributed by atoms with van der Waals surface area (Å²) in [6.07, 6.45) is 8.15. The molecule has 5 rings (SSSR count). The van der Waals surface area contributed by atoms with E-state index in [-0.39, 0.29) is 11.7 Å². The van der Waals surface area contributed by atoms with Crippen LogP contribution in [0.15, 0.2) is 58.0 Å². The number of hydrogen-bond donors (Lipinski definition) is 1. The molecule has 0 unspecified atom stereocenters. The summed E-state index contributed by atoms with van der Waals surface area (Å²) < 4.78 is 8.21. The van der Waals surface area contributed by atoms with Crippen molar-refractivity contribution in [1.29, 1.82) is 0 Å². The SMILES string of the molecule is Cc1cc(/C=N/NC(=O)c2cc3c(ccc4ccccc43)o2)c(C)n1C1CCCCC1. The lowest BCUT2D eigenvalue weighted by atomic mass is 9.95. The summed E-state index contributed by atoms with van der Waals surface area (Å²) in [4.78, 5) is 12.6. The van der Waals surface area contributed by atoms with Crippen LogP contribution in [0.3, 0.4) is 0 Å². The zero-order valence-corrected chi connectivity index (χ0v) is 18.0. The van der Waals surface area contributed by atoms with Gasteiger partial charge >= 0.3 is 5.91 Å². The van der Waals surface area contributed by atoms with E-state index in [0.717, 1.165) is 21.7 Å². The highest BCUT2D eigenvalue weighted by Crippen LogP contribution is 2.32. The lowest BCUT2D eigenvalue weighted by Gasteiger charge is -2.26. The Morgan fingerprint density at radius 3 is 2.71 bits per heavy atom. The third-order valence-electron chi connectivity index (χ3n) is 6.48.